The molecule has 0 fully saturated rings. The first-order chi connectivity index (χ1) is 11.9. The summed E-state index contributed by atoms with van der Waals surface area (Å²) in [6, 6.07) is 7.35. The number of ketones is 1. The lowest BCUT2D eigenvalue weighted by Gasteiger charge is -2.22. The maximum atomic E-state index is 11.1. The summed E-state index contributed by atoms with van der Waals surface area (Å²) in [5.74, 6) is -2.72. The van der Waals surface area contributed by atoms with Crippen LogP contribution in [0.4, 0.5) is 0 Å². The zero-order valence-corrected chi connectivity index (χ0v) is 14.2. The van der Waals surface area contributed by atoms with E-state index in [-0.39, 0.29) is 5.78 Å². The highest BCUT2D eigenvalue weighted by Gasteiger charge is 2.05. The molecule has 0 atom stereocenters. The van der Waals surface area contributed by atoms with Gasteiger partial charge >= 0.3 is 11.9 Å². The fourth-order valence-electron chi connectivity index (χ4n) is 2.16. The van der Waals surface area contributed by atoms with Crippen LogP contribution in [0.15, 0.2) is 36.4 Å². The van der Waals surface area contributed by atoms with Crippen LogP contribution in [0.25, 0.3) is 0 Å². The molecule has 1 aromatic carbocycles. The maximum Gasteiger partial charge on any atom is 0.414 e. The van der Waals surface area contributed by atoms with Gasteiger partial charge in [0.1, 0.15) is 5.75 Å². The van der Waals surface area contributed by atoms with Gasteiger partial charge in [0.25, 0.3) is 0 Å². The summed E-state index contributed by atoms with van der Waals surface area (Å²) in [7, 11) is 0. The average molecular weight is 349 g/mol. The minimum absolute atomic E-state index is 0.0877. The second-order valence-electron chi connectivity index (χ2n) is 5.45. The molecule has 0 amide bonds. The van der Waals surface area contributed by atoms with Gasteiger partial charge in [-0.1, -0.05) is 12.2 Å². The van der Waals surface area contributed by atoms with E-state index >= 15 is 0 Å². The number of nitrogens with zero attached hydrogens (tertiary/aromatic N) is 1. The lowest BCUT2D eigenvalue weighted by Crippen LogP contribution is -2.29. The van der Waals surface area contributed by atoms with Gasteiger partial charge in [-0.05, 0) is 44.0 Å². The van der Waals surface area contributed by atoms with E-state index in [0.29, 0.717) is 0 Å². The molecule has 136 valence electrons. The fourth-order valence-corrected chi connectivity index (χ4v) is 2.16. The van der Waals surface area contributed by atoms with Crippen LogP contribution in [0.3, 0.4) is 0 Å². The Morgan fingerprint density at radius 1 is 1.08 bits per heavy atom. The minimum atomic E-state index is -1.82. The van der Waals surface area contributed by atoms with Crippen molar-refractivity contribution in [2.24, 2.45) is 0 Å². The zero-order chi connectivity index (χ0) is 18.7. The van der Waals surface area contributed by atoms with Crippen LogP contribution in [-0.4, -0.2) is 59.1 Å². The van der Waals surface area contributed by atoms with Gasteiger partial charge in [0.2, 0.25) is 0 Å². The van der Waals surface area contributed by atoms with Crippen LogP contribution < -0.4 is 4.74 Å². The Labute approximate surface area is 146 Å². The Morgan fingerprint density at radius 3 is 2.20 bits per heavy atom. The summed E-state index contributed by atoms with van der Waals surface area (Å²) in [6.07, 6.45) is 6.66. The van der Waals surface area contributed by atoms with Crippen molar-refractivity contribution in [1.82, 2.24) is 4.90 Å². The van der Waals surface area contributed by atoms with Crippen molar-refractivity contribution < 1.29 is 29.3 Å². The molecule has 0 radical (unpaired) electrons. The number of carbonyl (C=O) groups is 3. The molecule has 2 N–H and O–H groups in total. The predicted octanol–water partition coefficient (Wildman–Crippen LogP) is 2.08. The van der Waals surface area contributed by atoms with Crippen LogP contribution in [0.1, 0.15) is 30.1 Å². The predicted molar refractivity (Wildman–Crippen MR) is 92.0 cm³/mol. The molecule has 1 aliphatic rings. The Hall–Kier alpha value is -2.67. The highest BCUT2D eigenvalue weighted by molar-refractivity contribution is 6.27. The summed E-state index contributed by atoms with van der Waals surface area (Å²) >= 11 is 0. The molecule has 1 heterocycles. The van der Waals surface area contributed by atoms with Crippen LogP contribution in [-0.2, 0) is 9.59 Å². The summed E-state index contributed by atoms with van der Waals surface area (Å²) < 4.78 is 5.68. The minimum Gasteiger partial charge on any atom is -0.494 e. The molecule has 0 spiro atoms. The van der Waals surface area contributed by atoms with E-state index in [1.165, 1.54) is 0 Å². The first-order valence-electron chi connectivity index (χ1n) is 7.97. The Balaban J connectivity index is 0.000000450. The van der Waals surface area contributed by atoms with Crippen molar-refractivity contribution in [2.45, 2.75) is 19.8 Å². The molecule has 0 aliphatic carbocycles. The van der Waals surface area contributed by atoms with Gasteiger partial charge in [-0.3, -0.25) is 9.69 Å². The Morgan fingerprint density at radius 2 is 1.72 bits per heavy atom. The highest BCUT2D eigenvalue weighted by Crippen LogP contribution is 2.13. The number of rotatable bonds is 6. The first-order valence-corrected chi connectivity index (χ1v) is 7.97. The third-order valence-electron chi connectivity index (χ3n) is 3.47. The molecule has 0 unspecified atom stereocenters. The lowest BCUT2D eigenvalue weighted by molar-refractivity contribution is -0.159. The van der Waals surface area contributed by atoms with Crippen LogP contribution in [0.2, 0.25) is 0 Å². The number of carboxylic acids is 2. The van der Waals surface area contributed by atoms with Crippen molar-refractivity contribution in [3.8, 4) is 5.75 Å². The third-order valence-corrected chi connectivity index (χ3v) is 3.47. The number of carboxylic acid groups (broad SMARTS) is 2. The molecule has 0 aromatic heterocycles. The molecule has 25 heavy (non-hydrogen) atoms. The standard InChI is InChI=1S/C16H21NO2.C2H2O4/c1-14(18)15-6-8-16(9-7-15)19-13-5-12-17-10-3-2-4-11-17;3-1(4)2(5)6/h2-3,6-9H,4-5,10-13H2,1H3;(H,3,4)(H,5,6). The number of carbonyl (C=O) groups excluding carboxylic acids is 1. The zero-order valence-electron chi connectivity index (χ0n) is 14.2. The summed E-state index contributed by atoms with van der Waals surface area (Å²) in [5, 5.41) is 14.8. The van der Waals surface area contributed by atoms with Gasteiger partial charge in [-0.15, -0.1) is 0 Å². The number of benzene rings is 1. The second kappa shape index (κ2) is 11.0. The first kappa shape index (κ1) is 20.4. The molecule has 0 bridgehead atoms. The van der Waals surface area contributed by atoms with E-state index in [2.05, 4.69) is 17.1 Å². The number of ether oxygens (including phenoxy) is 1. The average Bonchev–Trinajstić information content (AvgIpc) is 2.60. The largest absolute Gasteiger partial charge is 0.494 e. The van der Waals surface area contributed by atoms with E-state index < -0.39 is 11.9 Å². The topological polar surface area (TPSA) is 104 Å². The smallest absolute Gasteiger partial charge is 0.414 e. The van der Waals surface area contributed by atoms with E-state index in [1.807, 2.05) is 24.3 Å². The van der Waals surface area contributed by atoms with Gasteiger partial charge in [0.15, 0.2) is 5.78 Å². The summed E-state index contributed by atoms with van der Waals surface area (Å²) in [6.45, 7) is 5.59. The van der Waals surface area contributed by atoms with Crippen molar-refractivity contribution in [1.29, 1.82) is 0 Å². The van der Waals surface area contributed by atoms with Crippen molar-refractivity contribution in [2.75, 3.05) is 26.2 Å². The van der Waals surface area contributed by atoms with E-state index in [4.69, 9.17) is 24.5 Å². The highest BCUT2D eigenvalue weighted by atomic mass is 16.5. The van der Waals surface area contributed by atoms with Crippen molar-refractivity contribution in [3.05, 3.63) is 42.0 Å². The molecular weight excluding hydrogens is 326 g/mol. The molecule has 2 rings (SSSR count). The van der Waals surface area contributed by atoms with E-state index in [1.54, 1.807) is 6.92 Å². The van der Waals surface area contributed by atoms with Gasteiger partial charge in [0, 0.05) is 25.2 Å². The number of Topliss-reactive ketones (excluding diaryl/α,β-unsaturated/α-hetero) is 1. The Kier molecular flexibility index (Phi) is 8.95. The maximum absolute atomic E-state index is 11.1. The van der Waals surface area contributed by atoms with Gasteiger partial charge in [-0.2, -0.15) is 0 Å². The molecule has 7 nitrogen and oxygen atoms in total. The lowest BCUT2D eigenvalue weighted by atomic mass is 10.1. The second-order valence-corrected chi connectivity index (χ2v) is 5.45. The molecule has 7 heteroatoms. The Bertz CT molecular complexity index is 596. The molecular formula is C18H23NO6. The van der Waals surface area contributed by atoms with E-state index in [9.17, 15) is 4.79 Å². The van der Waals surface area contributed by atoms with Gasteiger partial charge in [-0.25, -0.2) is 9.59 Å². The summed E-state index contributed by atoms with van der Waals surface area (Å²) in [4.78, 5) is 31.8. The number of hydrogen-bond acceptors (Lipinski definition) is 5. The summed E-state index contributed by atoms with van der Waals surface area (Å²) in [5.41, 5.74) is 0.729. The normalized spacial score (nSPS) is 13.5. The molecule has 0 saturated heterocycles. The molecule has 1 aromatic rings. The third kappa shape index (κ3) is 8.66. The number of aliphatic carboxylic acids is 2. The van der Waals surface area contributed by atoms with E-state index in [0.717, 1.165) is 50.4 Å². The molecule has 0 saturated carbocycles. The van der Waals surface area contributed by atoms with Crippen molar-refractivity contribution in [3.63, 3.8) is 0 Å². The fraction of sp³-hybridized carbons (Fsp3) is 0.389. The quantitative estimate of drug-likeness (QED) is 0.351. The SMILES string of the molecule is CC(=O)c1ccc(OCCCN2CC=CCC2)cc1.O=C(O)C(=O)O. The monoisotopic (exact) mass is 349 g/mol. The van der Waals surface area contributed by atoms with Gasteiger partial charge < -0.3 is 14.9 Å². The van der Waals surface area contributed by atoms with Crippen LogP contribution in [0.5, 0.6) is 5.75 Å². The number of hydrogen-bond donors (Lipinski definition) is 2. The van der Waals surface area contributed by atoms with Crippen molar-refractivity contribution >= 4 is 17.7 Å². The molecule has 1 aliphatic heterocycles. The van der Waals surface area contributed by atoms with Crippen LogP contribution >= 0.6 is 0 Å². The van der Waals surface area contributed by atoms with Gasteiger partial charge in [0.05, 0.1) is 6.61 Å². The van der Waals surface area contributed by atoms with Crippen LogP contribution in [0, 0.1) is 0 Å².